The predicted octanol–water partition coefficient (Wildman–Crippen LogP) is 1.71. The van der Waals surface area contributed by atoms with Crippen molar-refractivity contribution in [3.05, 3.63) is 18.0 Å². The second kappa shape index (κ2) is 6.37. The van der Waals surface area contributed by atoms with E-state index in [0.29, 0.717) is 16.5 Å². The van der Waals surface area contributed by atoms with Crippen LogP contribution >= 0.6 is 0 Å². The van der Waals surface area contributed by atoms with Gasteiger partial charge in [0.1, 0.15) is 11.4 Å². The van der Waals surface area contributed by atoms with Crippen molar-refractivity contribution >= 4 is 10.0 Å². The largest absolute Gasteiger partial charge is 0.402 e. The van der Waals surface area contributed by atoms with Crippen LogP contribution in [0.5, 0.6) is 0 Å². The minimum absolute atomic E-state index is 0.141. The zero-order valence-corrected chi connectivity index (χ0v) is 13.2. The summed E-state index contributed by atoms with van der Waals surface area (Å²) < 4.78 is 63.1. The number of halogens is 3. The van der Waals surface area contributed by atoms with Crippen LogP contribution in [0.3, 0.4) is 0 Å². The summed E-state index contributed by atoms with van der Waals surface area (Å²) >= 11 is 0. The van der Waals surface area contributed by atoms with Crippen molar-refractivity contribution in [2.24, 2.45) is 7.05 Å². The SMILES string of the molecule is CC(C)NCc1cc(S(=O)(=O)N(C)CC(F)(F)F)cn1C. The van der Waals surface area contributed by atoms with Crippen LogP contribution in [0.15, 0.2) is 17.2 Å². The topological polar surface area (TPSA) is 54.3 Å². The molecule has 1 aromatic rings. The lowest BCUT2D eigenvalue weighted by atomic mass is 10.3. The Morgan fingerprint density at radius 1 is 1.38 bits per heavy atom. The highest BCUT2D eigenvalue weighted by Gasteiger charge is 2.35. The molecule has 0 saturated heterocycles. The van der Waals surface area contributed by atoms with Gasteiger partial charge in [-0.15, -0.1) is 0 Å². The fourth-order valence-electron chi connectivity index (χ4n) is 1.72. The minimum atomic E-state index is -4.57. The summed E-state index contributed by atoms with van der Waals surface area (Å²) in [5, 5.41) is 3.13. The lowest BCUT2D eigenvalue weighted by Crippen LogP contribution is -2.35. The van der Waals surface area contributed by atoms with Crippen LogP contribution < -0.4 is 5.32 Å². The van der Waals surface area contributed by atoms with Gasteiger partial charge in [0, 0.05) is 38.6 Å². The number of nitrogens with zero attached hydrogens (tertiary/aromatic N) is 2. The molecule has 122 valence electrons. The fraction of sp³-hybridized carbons (Fsp3) is 0.667. The first kappa shape index (κ1) is 18.0. The summed E-state index contributed by atoms with van der Waals surface area (Å²) in [6.07, 6.45) is -3.25. The van der Waals surface area contributed by atoms with E-state index < -0.39 is 22.7 Å². The Morgan fingerprint density at radius 2 is 1.95 bits per heavy atom. The third-order valence-corrected chi connectivity index (χ3v) is 4.65. The van der Waals surface area contributed by atoms with E-state index in [1.165, 1.54) is 12.3 Å². The van der Waals surface area contributed by atoms with Gasteiger partial charge in [-0.2, -0.15) is 17.5 Å². The molecule has 1 N–H and O–H groups in total. The molecule has 1 heterocycles. The number of rotatable bonds is 6. The maximum absolute atomic E-state index is 12.3. The molecule has 0 atom stereocenters. The summed E-state index contributed by atoms with van der Waals surface area (Å²) in [6, 6.07) is 1.60. The molecule has 0 radical (unpaired) electrons. The first-order chi connectivity index (χ1) is 9.43. The smallest absolute Gasteiger partial charge is 0.352 e. The van der Waals surface area contributed by atoms with Crippen LogP contribution in [0.4, 0.5) is 13.2 Å². The van der Waals surface area contributed by atoms with Gasteiger partial charge < -0.3 is 9.88 Å². The minimum Gasteiger partial charge on any atom is -0.352 e. The molecular weight excluding hydrogens is 307 g/mol. The highest BCUT2D eigenvalue weighted by atomic mass is 32.2. The van der Waals surface area contributed by atoms with E-state index in [2.05, 4.69) is 5.32 Å². The Kier molecular flexibility index (Phi) is 5.46. The quantitative estimate of drug-likeness (QED) is 0.865. The number of hydrogen-bond acceptors (Lipinski definition) is 3. The number of aromatic nitrogens is 1. The summed E-state index contributed by atoms with van der Waals surface area (Å²) in [5.41, 5.74) is 0.683. The molecule has 9 heteroatoms. The van der Waals surface area contributed by atoms with Crippen LogP contribution in [0.25, 0.3) is 0 Å². The molecule has 0 bridgehead atoms. The van der Waals surface area contributed by atoms with Gasteiger partial charge in [0.15, 0.2) is 0 Å². The van der Waals surface area contributed by atoms with Crippen LogP contribution in [-0.2, 0) is 23.6 Å². The summed E-state index contributed by atoms with van der Waals surface area (Å²) in [5.74, 6) is 0. The van der Waals surface area contributed by atoms with Crippen molar-refractivity contribution in [2.45, 2.75) is 37.5 Å². The Balaban J connectivity index is 2.96. The van der Waals surface area contributed by atoms with Crippen LogP contribution in [0, 0.1) is 0 Å². The standard InChI is InChI=1S/C12H20F3N3O2S/c1-9(2)16-6-10-5-11(7-17(10)3)21(19,20)18(4)8-12(13,14)15/h5,7,9,16H,6,8H2,1-4H3. The fourth-order valence-corrected chi connectivity index (χ4v) is 2.97. The second-order valence-corrected chi connectivity index (χ2v) is 7.23. The average Bonchev–Trinajstić information content (AvgIpc) is 2.66. The number of nitrogens with one attached hydrogen (secondary N) is 1. The Bertz CT molecular complexity index is 579. The maximum atomic E-state index is 12.3. The van der Waals surface area contributed by atoms with Crippen molar-refractivity contribution in [1.29, 1.82) is 0 Å². The summed E-state index contributed by atoms with van der Waals surface area (Å²) in [6.45, 7) is 2.81. The molecule has 0 spiro atoms. The molecule has 0 aromatic carbocycles. The Morgan fingerprint density at radius 3 is 2.43 bits per heavy atom. The molecule has 0 fully saturated rings. The Labute approximate surface area is 122 Å². The molecule has 1 rings (SSSR count). The average molecular weight is 327 g/mol. The summed E-state index contributed by atoms with van der Waals surface area (Å²) in [4.78, 5) is -0.141. The van der Waals surface area contributed by atoms with Crippen molar-refractivity contribution in [3.63, 3.8) is 0 Å². The van der Waals surface area contributed by atoms with E-state index in [0.717, 1.165) is 7.05 Å². The number of hydrogen-bond donors (Lipinski definition) is 1. The van der Waals surface area contributed by atoms with Gasteiger partial charge in [-0.1, -0.05) is 13.8 Å². The van der Waals surface area contributed by atoms with Crippen molar-refractivity contribution < 1.29 is 21.6 Å². The van der Waals surface area contributed by atoms with Gasteiger partial charge in [-0.25, -0.2) is 8.42 Å². The first-order valence-electron chi connectivity index (χ1n) is 6.35. The number of aryl methyl sites for hydroxylation is 1. The lowest BCUT2D eigenvalue weighted by Gasteiger charge is -2.17. The molecule has 0 aliphatic rings. The lowest BCUT2D eigenvalue weighted by molar-refractivity contribution is -0.134. The van der Waals surface area contributed by atoms with Gasteiger partial charge in [0.25, 0.3) is 0 Å². The molecule has 21 heavy (non-hydrogen) atoms. The van der Waals surface area contributed by atoms with E-state index in [9.17, 15) is 21.6 Å². The molecule has 0 unspecified atom stereocenters. The molecular formula is C12H20F3N3O2S. The highest BCUT2D eigenvalue weighted by molar-refractivity contribution is 7.89. The van der Waals surface area contributed by atoms with Gasteiger partial charge in [0.2, 0.25) is 10.0 Å². The van der Waals surface area contributed by atoms with Gasteiger partial charge >= 0.3 is 6.18 Å². The van der Waals surface area contributed by atoms with Gasteiger partial charge in [-0.05, 0) is 6.07 Å². The van der Waals surface area contributed by atoms with Crippen molar-refractivity contribution in [3.8, 4) is 0 Å². The third kappa shape index (κ3) is 5.01. The first-order valence-corrected chi connectivity index (χ1v) is 7.79. The monoisotopic (exact) mass is 327 g/mol. The Hall–Kier alpha value is -1.06. The van der Waals surface area contributed by atoms with Crippen molar-refractivity contribution in [2.75, 3.05) is 13.6 Å². The van der Waals surface area contributed by atoms with E-state index in [4.69, 9.17) is 0 Å². The predicted molar refractivity (Wildman–Crippen MR) is 73.3 cm³/mol. The van der Waals surface area contributed by atoms with Gasteiger partial charge in [0.05, 0.1) is 0 Å². The van der Waals surface area contributed by atoms with E-state index in [1.807, 2.05) is 13.8 Å². The van der Waals surface area contributed by atoms with Crippen molar-refractivity contribution in [1.82, 2.24) is 14.2 Å². The third-order valence-electron chi connectivity index (χ3n) is 2.88. The van der Waals surface area contributed by atoms with Gasteiger partial charge in [-0.3, -0.25) is 0 Å². The van der Waals surface area contributed by atoms with E-state index in [1.54, 1.807) is 11.6 Å². The van der Waals surface area contributed by atoms with E-state index >= 15 is 0 Å². The molecule has 0 amide bonds. The highest BCUT2D eigenvalue weighted by Crippen LogP contribution is 2.22. The normalized spacial score (nSPS) is 13.4. The molecule has 5 nitrogen and oxygen atoms in total. The zero-order valence-electron chi connectivity index (χ0n) is 12.4. The molecule has 0 aliphatic carbocycles. The number of alkyl halides is 3. The van der Waals surface area contributed by atoms with Crippen LogP contribution in [0.1, 0.15) is 19.5 Å². The van der Waals surface area contributed by atoms with Crippen LogP contribution in [0.2, 0.25) is 0 Å². The maximum Gasteiger partial charge on any atom is 0.402 e. The van der Waals surface area contributed by atoms with E-state index in [-0.39, 0.29) is 10.9 Å². The molecule has 0 aliphatic heterocycles. The summed E-state index contributed by atoms with van der Waals surface area (Å²) in [7, 11) is -1.58. The molecule has 1 aromatic heterocycles. The second-order valence-electron chi connectivity index (χ2n) is 5.19. The zero-order chi connectivity index (χ0) is 16.4. The molecule has 0 saturated carbocycles. The van der Waals surface area contributed by atoms with Crippen LogP contribution in [-0.4, -0.2) is 43.1 Å². The number of sulfonamides is 1.